The predicted octanol–water partition coefficient (Wildman–Crippen LogP) is 10.6. The fourth-order valence-electron chi connectivity index (χ4n) is 7.25. The maximum Gasteiger partial charge on any atom is 0.0933 e. The van der Waals surface area contributed by atoms with Gasteiger partial charge in [0.2, 0.25) is 0 Å². The second-order valence-electron chi connectivity index (χ2n) is 11.9. The van der Waals surface area contributed by atoms with Gasteiger partial charge in [-0.05, 0) is 42.0 Å². The van der Waals surface area contributed by atoms with Crippen LogP contribution in [0.15, 0.2) is 158 Å². The van der Waals surface area contributed by atoms with Gasteiger partial charge in [-0.25, -0.2) is 9.50 Å². The van der Waals surface area contributed by atoms with Gasteiger partial charge in [-0.2, -0.15) is 5.10 Å². The fraction of sp³-hybridized carbons (Fsp3) is 0. The Morgan fingerprint density at radius 2 is 1.15 bits per heavy atom. The topological polar surface area (TPSA) is 35.1 Å². The molecule has 0 aliphatic rings. The SMILES string of the molecule is c1ccc(-c2nc3ccccc3c3c2ccc2c4ccccc4n(-c4cccc(-c5ccc6c7ccccc7nn6c5)c4)c23)cc1. The van der Waals surface area contributed by atoms with E-state index in [4.69, 9.17) is 10.1 Å². The maximum absolute atomic E-state index is 5.21. The number of aromatic nitrogens is 4. The van der Waals surface area contributed by atoms with Crippen LogP contribution in [0.3, 0.4) is 0 Å². The fourth-order valence-corrected chi connectivity index (χ4v) is 7.25. The third-order valence-electron chi connectivity index (χ3n) is 9.31. The van der Waals surface area contributed by atoms with Crippen LogP contribution >= 0.6 is 0 Å². The van der Waals surface area contributed by atoms with Gasteiger partial charge in [-0.3, -0.25) is 0 Å². The molecule has 0 fully saturated rings. The van der Waals surface area contributed by atoms with E-state index >= 15 is 0 Å². The summed E-state index contributed by atoms with van der Waals surface area (Å²) in [5.74, 6) is 0. The summed E-state index contributed by atoms with van der Waals surface area (Å²) in [6.07, 6.45) is 2.14. The van der Waals surface area contributed by atoms with E-state index in [0.717, 1.165) is 60.8 Å². The molecule has 0 N–H and O–H groups in total. The van der Waals surface area contributed by atoms with Crippen LogP contribution in [0, 0.1) is 0 Å². The van der Waals surface area contributed by atoms with E-state index in [9.17, 15) is 0 Å². The van der Waals surface area contributed by atoms with Gasteiger partial charge >= 0.3 is 0 Å². The standard InChI is InChI=1S/C42H26N4/c1-2-11-27(12-3-1)41-35-23-22-32-31-15-6-9-20-39(31)46(42(32)40(35)34-17-5-7-18-36(34)43-41)30-14-10-13-28(25-30)29-21-24-38-33-16-4-8-19-37(33)44-45(38)26-29/h1-26H. The molecular formula is C42H26N4. The Morgan fingerprint density at radius 1 is 0.435 bits per heavy atom. The molecule has 0 saturated heterocycles. The number of pyridine rings is 2. The minimum atomic E-state index is 0.992. The van der Waals surface area contributed by atoms with Crippen LogP contribution in [-0.4, -0.2) is 19.2 Å². The highest BCUT2D eigenvalue weighted by molar-refractivity contribution is 6.26. The second kappa shape index (κ2) is 9.62. The third-order valence-corrected chi connectivity index (χ3v) is 9.31. The highest BCUT2D eigenvalue weighted by Gasteiger charge is 2.20. The van der Waals surface area contributed by atoms with Gasteiger partial charge in [0.25, 0.3) is 0 Å². The van der Waals surface area contributed by atoms with Crippen molar-refractivity contribution in [3.8, 4) is 28.1 Å². The normalized spacial score (nSPS) is 11.9. The molecule has 4 heteroatoms. The minimum Gasteiger partial charge on any atom is -0.309 e. The summed E-state index contributed by atoms with van der Waals surface area (Å²) < 4.78 is 4.45. The molecule has 0 saturated carbocycles. The van der Waals surface area contributed by atoms with Gasteiger partial charge in [-0.1, -0.05) is 115 Å². The van der Waals surface area contributed by atoms with Crippen molar-refractivity contribution in [3.05, 3.63) is 158 Å². The lowest BCUT2D eigenvalue weighted by Gasteiger charge is -2.15. The Kier molecular flexibility index (Phi) is 5.25. The predicted molar refractivity (Wildman–Crippen MR) is 191 cm³/mol. The van der Waals surface area contributed by atoms with Gasteiger partial charge in [0.05, 0.1) is 33.3 Å². The van der Waals surface area contributed by atoms with Gasteiger partial charge in [0, 0.05) is 55.3 Å². The van der Waals surface area contributed by atoms with E-state index in [-0.39, 0.29) is 0 Å². The minimum absolute atomic E-state index is 0.992. The number of nitrogens with zero attached hydrogens (tertiary/aromatic N) is 4. The summed E-state index contributed by atoms with van der Waals surface area (Å²) in [6, 6.07) is 53.9. The van der Waals surface area contributed by atoms with E-state index in [1.807, 2.05) is 10.6 Å². The monoisotopic (exact) mass is 586 g/mol. The summed E-state index contributed by atoms with van der Waals surface area (Å²) in [4.78, 5) is 5.21. The zero-order chi connectivity index (χ0) is 30.2. The Balaban J connectivity index is 1.28. The first-order valence-electron chi connectivity index (χ1n) is 15.6. The molecule has 6 aromatic carbocycles. The smallest absolute Gasteiger partial charge is 0.0933 e. The summed E-state index contributed by atoms with van der Waals surface area (Å²) in [6.45, 7) is 0. The third kappa shape index (κ3) is 3.61. The molecule has 0 aliphatic heterocycles. The Morgan fingerprint density at radius 3 is 2.04 bits per heavy atom. The zero-order valence-electron chi connectivity index (χ0n) is 24.8. The Bertz CT molecular complexity index is 2810. The van der Waals surface area contributed by atoms with E-state index < -0.39 is 0 Å². The van der Waals surface area contributed by atoms with E-state index in [0.29, 0.717) is 0 Å². The van der Waals surface area contributed by atoms with E-state index in [1.165, 1.54) is 27.2 Å². The zero-order valence-corrected chi connectivity index (χ0v) is 24.8. The Labute approximate surface area is 264 Å². The molecule has 0 radical (unpaired) electrons. The summed E-state index contributed by atoms with van der Waals surface area (Å²) in [7, 11) is 0. The first-order chi connectivity index (χ1) is 22.8. The van der Waals surface area contributed by atoms with Crippen LogP contribution in [0.1, 0.15) is 0 Å². The molecule has 46 heavy (non-hydrogen) atoms. The molecule has 4 aromatic heterocycles. The maximum atomic E-state index is 5.21. The quantitative estimate of drug-likeness (QED) is 0.193. The van der Waals surface area contributed by atoms with Crippen LogP contribution < -0.4 is 0 Å². The number of hydrogen-bond acceptors (Lipinski definition) is 2. The van der Waals surface area contributed by atoms with Crippen molar-refractivity contribution in [1.82, 2.24) is 19.2 Å². The molecule has 4 nitrogen and oxygen atoms in total. The van der Waals surface area contributed by atoms with Gasteiger partial charge < -0.3 is 4.57 Å². The summed E-state index contributed by atoms with van der Waals surface area (Å²) in [5.41, 5.74) is 11.0. The number of benzene rings is 6. The van der Waals surface area contributed by atoms with Crippen molar-refractivity contribution in [1.29, 1.82) is 0 Å². The molecule has 0 aliphatic carbocycles. The number of rotatable bonds is 3. The van der Waals surface area contributed by atoms with Gasteiger partial charge in [-0.15, -0.1) is 0 Å². The molecule has 10 rings (SSSR count). The van der Waals surface area contributed by atoms with Crippen molar-refractivity contribution in [2.24, 2.45) is 0 Å². The van der Waals surface area contributed by atoms with Crippen molar-refractivity contribution < 1.29 is 0 Å². The molecule has 214 valence electrons. The number of hydrogen-bond donors (Lipinski definition) is 0. The lowest BCUT2D eigenvalue weighted by molar-refractivity contribution is 0.983. The first-order valence-corrected chi connectivity index (χ1v) is 15.6. The van der Waals surface area contributed by atoms with Crippen LogP contribution in [0.25, 0.3) is 88.0 Å². The average Bonchev–Trinajstić information content (AvgIpc) is 3.67. The lowest BCUT2D eigenvalue weighted by Crippen LogP contribution is -1.97. The van der Waals surface area contributed by atoms with Crippen molar-refractivity contribution in [3.63, 3.8) is 0 Å². The molecule has 10 aromatic rings. The largest absolute Gasteiger partial charge is 0.309 e. The molecular weight excluding hydrogens is 560 g/mol. The van der Waals surface area contributed by atoms with Crippen molar-refractivity contribution in [2.75, 3.05) is 0 Å². The molecule has 0 bridgehead atoms. The summed E-state index contributed by atoms with van der Waals surface area (Å²) >= 11 is 0. The van der Waals surface area contributed by atoms with Crippen molar-refractivity contribution in [2.45, 2.75) is 0 Å². The first kappa shape index (κ1) is 25.1. The Hall–Kier alpha value is -6.26. The van der Waals surface area contributed by atoms with E-state index in [2.05, 4.69) is 156 Å². The van der Waals surface area contributed by atoms with Crippen LogP contribution in [-0.2, 0) is 0 Å². The molecule has 0 unspecified atom stereocenters. The lowest BCUT2D eigenvalue weighted by atomic mass is 9.97. The average molecular weight is 587 g/mol. The van der Waals surface area contributed by atoms with Gasteiger partial charge in [0.1, 0.15) is 0 Å². The highest BCUT2D eigenvalue weighted by Crippen LogP contribution is 2.42. The van der Waals surface area contributed by atoms with Gasteiger partial charge in [0.15, 0.2) is 0 Å². The molecule has 4 heterocycles. The van der Waals surface area contributed by atoms with Crippen LogP contribution in [0.4, 0.5) is 0 Å². The number of fused-ring (bicyclic) bond motifs is 10. The second-order valence-corrected chi connectivity index (χ2v) is 11.9. The van der Waals surface area contributed by atoms with Crippen LogP contribution in [0.2, 0.25) is 0 Å². The molecule has 0 spiro atoms. The summed E-state index contributed by atoms with van der Waals surface area (Å²) in [5, 5.41) is 12.0. The molecule has 0 amide bonds. The van der Waals surface area contributed by atoms with Crippen molar-refractivity contribution >= 4 is 59.9 Å². The number of para-hydroxylation sites is 2. The molecule has 0 atom stereocenters. The van der Waals surface area contributed by atoms with Crippen LogP contribution in [0.5, 0.6) is 0 Å². The van der Waals surface area contributed by atoms with E-state index in [1.54, 1.807) is 0 Å². The highest BCUT2D eigenvalue weighted by atomic mass is 15.2.